The van der Waals surface area contributed by atoms with Crippen LogP contribution in [0.2, 0.25) is 0 Å². The van der Waals surface area contributed by atoms with Gasteiger partial charge in [-0.1, -0.05) is 45.4 Å². The van der Waals surface area contributed by atoms with E-state index in [1.807, 2.05) is 32.0 Å². The SMILES string of the molecule is CCCCOC(=O)c1cccc(NC(=O)COc2cc(C)ccc2C(C)C)c1. The average Bonchev–Trinajstić information content (AvgIpc) is 2.66. The minimum atomic E-state index is -0.387. The van der Waals surface area contributed by atoms with Gasteiger partial charge in [0.05, 0.1) is 12.2 Å². The number of hydrogen-bond donors (Lipinski definition) is 1. The topological polar surface area (TPSA) is 64.6 Å². The molecule has 0 atom stereocenters. The highest BCUT2D eigenvalue weighted by atomic mass is 16.5. The molecule has 28 heavy (non-hydrogen) atoms. The number of esters is 1. The van der Waals surface area contributed by atoms with E-state index in [4.69, 9.17) is 9.47 Å². The number of ether oxygens (including phenoxy) is 2. The summed E-state index contributed by atoms with van der Waals surface area (Å²) < 4.78 is 11.0. The normalized spacial score (nSPS) is 10.6. The Bertz CT molecular complexity index is 814. The second-order valence-corrected chi connectivity index (χ2v) is 7.10. The zero-order valence-corrected chi connectivity index (χ0v) is 17.1. The number of amides is 1. The van der Waals surface area contributed by atoms with E-state index in [-0.39, 0.29) is 18.5 Å². The lowest BCUT2D eigenvalue weighted by Crippen LogP contribution is -2.21. The van der Waals surface area contributed by atoms with Crippen LogP contribution in [0, 0.1) is 6.92 Å². The molecule has 0 heterocycles. The first kappa shape index (κ1) is 21.5. The molecule has 1 N–H and O–H groups in total. The second-order valence-electron chi connectivity index (χ2n) is 7.10. The van der Waals surface area contributed by atoms with Crippen molar-refractivity contribution in [2.75, 3.05) is 18.5 Å². The Hall–Kier alpha value is -2.82. The minimum Gasteiger partial charge on any atom is -0.483 e. The predicted octanol–water partition coefficient (Wildman–Crippen LogP) is 5.09. The van der Waals surface area contributed by atoms with Gasteiger partial charge < -0.3 is 14.8 Å². The predicted molar refractivity (Wildman–Crippen MR) is 111 cm³/mol. The number of anilines is 1. The molecule has 2 aromatic carbocycles. The van der Waals surface area contributed by atoms with Crippen LogP contribution in [0.15, 0.2) is 42.5 Å². The summed E-state index contributed by atoms with van der Waals surface area (Å²) >= 11 is 0. The maximum atomic E-state index is 12.3. The molecule has 0 saturated heterocycles. The highest BCUT2D eigenvalue weighted by Crippen LogP contribution is 2.27. The summed E-state index contributed by atoms with van der Waals surface area (Å²) in [6, 6.07) is 12.7. The Labute approximate surface area is 167 Å². The monoisotopic (exact) mass is 383 g/mol. The van der Waals surface area contributed by atoms with Crippen LogP contribution in [0.5, 0.6) is 5.75 Å². The van der Waals surface area contributed by atoms with Crippen LogP contribution >= 0.6 is 0 Å². The zero-order valence-electron chi connectivity index (χ0n) is 17.1. The second kappa shape index (κ2) is 10.5. The highest BCUT2D eigenvalue weighted by Gasteiger charge is 2.12. The van der Waals surface area contributed by atoms with E-state index in [9.17, 15) is 9.59 Å². The number of unbranched alkanes of at least 4 members (excludes halogenated alkanes) is 1. The lowest BCUT2D eigenvalue weighted by Gasteiger charge is -2.15. The van der Waals surface area contributed by atoms with Gasteiger partial charge in [-0.25, -0.2) is 4.79 Å². The summed E-state index contributed by atoms with van der Waals surface area (Å²) in [4.78, 5) is 24.3. The Kier molecular flexibility index (Phi) is 8.05. The van der Waals surface area contributed by atoms with E-state index >= 15 is 0 Å². The van der Waals surface area contributed by atoms with Crippen molar-refractivity contribution in [3.63, 3.8) is 0 Å². The highest BCUT2D eigenvalue weighted by molar-refractivity contribution is 5.95. The van der Waals surface area contributed by atoms with Gasteiger partial charge in [0.25, 0.3) is 5.91 Å². The molecule has 5 heteroatoms. The molecule has 0 aliphatic heterocycles. The molecule has 0 aromatic heterocycles. The molecule has 0 unspecified atom stereocenters. The fourth-order valence-electron chi connectivity index (χ4n) is 2.70. The Morgan fingerprint density at radius 1 is 1.11 bits per heavy atom. The third-order valence-electron chi connectivity index (χ3n) is 4.26. The number of rotatable bonds is 9. The van der Waals surface area contributed by atoms with Crippen molar-refractivity contribution in [2.45, 2.75) is 46.5 Å². The van der Waals surface area contributed by atoms with Gasteiger partial charge in [0, 0.05) is 5.69 Å². The van der Waals surface area contributed by atoms with Gasteiger partial charge in [-0.05, 0) is 54.7 Å². The first-order valence-electron chi connectivity index (χ1n) is 9.71. The number of hydrogen-bond acceptors (Lipinski definition) is 4. The third kappa shape index (κ3) is 6.41. The van der Waals surface area contributed by atoms with Crippen molar-refractivity contribution in [1.29, 1.82) is 0 Å². The maximum Gasteiger partial charge on any atom is 0.338 e. The van der Waals surface area contributed by atoms with E-state index in [1.165, 1.54) is 0 Å². The molecule has 0 saturated carbocycles. The Balaban J connectivity index is 1.96. The molecule has 0 aliphatic rings. The van der Waals surface area contributed by atoms with Crippen LogP contribution in [0.4, 0.5) is 5.69 Å². The van der Waals surface area contributed by atoms with Gasteiger partial charge in [-0.15, -0.1) is 0 Å². The molecule has 0 fully saturated rings. The van der Waals surface area contributed by atoms with Crippen molar-refractivity contribution in [1.82, 2.24) is 0 Å². The van der Waals surface area contributed by atoms with Gasteiger partial charge in [0.1, 0.15) is 5.75 Å². The molecule has 0 aliphatic carbocycles. The van der Waals surface area contributed by atoms with Crippen molar-refractivity contribution >= 4 is 17.6 Å². The molecule has 1 amide bonds. The van der Waals surface area contributed by atoms with Crippen LogP contribution < -0.4 is 10.1 Å². The summed E-state index contributed by atoms with van der Waals surface area (Å²) in [5, 5.41) is 2.77. The number of carbonyl (C=O) groups is 2. The molecular weight excluding hydrogens is 354 g/mol. The van der Waals surface area contributed by atoms with E-state index < -0.39 is 0 Å². The molecule has 0 bridgehead atoms. The van der Waals surface area contributed by atoms with Gasteiger partial charge in [-0.3, -0.25) is 4.79 Å². The summed E-state index contributed by atoms with van der Waals surface area (Å²) in [6.45, 7) is 8.49. The summed E-state index contributed by atoms with van der Waals surface area (Å²) in [7, 11) is 0. The van der Waals surface area contributed by atoms with Crippen LogP contribution in [-0.2, 0) is 9.53 Å². The van der Waals surface area contributed by atoms with Crippen LogP contribution in [0.1, 0.15) is 61.0 Å². The quantitative estimate of drug-likeness (QED) is 0.484. The molecule has 0 radical (unpaired) electrons. The Morgan fingerprint density at radius 2 is 1.89 bits per heavy atom. The standard InChI is InChI=1S/C23H29NO4/c1-5-6-12-27-23(26)18-8-7-9-19(14-18)24-22(25)15-28-21-13-17(4)10-11-20(21)16(2)3/h7-11,13-14,16H,5-6,12,15H2,1-4H3,(H,24,25). The van der Waals surface area contributed by atoms with Gasteiger partial charge in [0.15, 0.2) is 6.61 Å². The number of carbonyl (C=O) groups excluding carboxylic acids is 2. The minimum absolute atomic E-state index is 0.103. The van der Waals surface area contributed by atoms with Crippen molar-refractivity contribution in [2.24, 2.45) is 0 Å². The van der Waals surface area contributed by atoms with Crippen LogP contribution in [0.25, 0.3) is 0 Å². The van der Waals surface area contributed by atoms with Gasteiger partial charge in [-0.2, -0.15) is 0 Å². The molecule has 2 aromatic rings. The zero-order chi connectivity index (χ0) is 20.5. The third-order valence-corrected chi connectivity index (χ3v) is 4.26. The summed E-state index contributed by atoms with van der Waals surface area (Å²) in [6.07, 6.45) is 1.79. The van der Waals surface area contributed by atoms with E-state index in [0.29, 0.717) is 23.8 Å². The molecular formula is C23H29NO4. The average molecular weight is 383 g/mol. The van der Waals surface area contributed by atoms with E-state index in [0.717, 1.165) is 29.7 Å². The first-order valence-corrected chi connectivity index (χ1v) is 9.71. The van der Waals surface area contributed by atoms with E-state index in [2.05, 4.69) is 19.2 Å². The maximum absolute atomic E-state index is 12.3. The summed E-state index contributed by atoms with van der Waals surface area (Å²) in [5.74, 6) is 0.349. The van der Waals surface area contributed by atoms with Crippen molar-refractivity contribution < 1.29 is 19.1 Å². The Morgan fingerprint density at radius 3 is 2.61 bits per heavy atom. The van der Waals surface area contributed by atoms with E-state index in [1.54, 1.807) is 24.3 Å². The number of aryl methyl sites for hydroxylation is 1. The fourth-order valence-corrected chi connectivity index (χ4v) is 2.70. The summed E-state index contributed by atoms with van der Waals surface area (Å²) in [5.41, 5.74) is 3.09. The lowest BCUT2D eigenvalue weighted by atomic mass is 10.0. The molecule has 5 nitrogen and oxygen atoms in total. The number of benzene rings is 2. The molecule has 2 rings (SSSR count). The first-order chi connectivity index (χ1) is 13.4. The number of nitrogens with one attached hydrogen (secondary N) is 1. The lowest BCUT2D eigenvalue weighted by molar-refractivity contribution is -0.118. The molecule has 0 spiro atoms. The largest absolute Gasteiger partial charge is 0.483 e. The van der Waals surface area contributed by atoms with Crippen LogP contribution in [-0.4, -0.2) is 25.1 Å². The fraction of sp³-hybridized carbons (Fsp3) is 0.391. The van der Waals surface area contributed by atoms with Gasteiger partial charge in [0.2, 0.25) is 0 Å². The smallest absolute Gasteiger partial charge is 0.338 e. The van der Waals surface area contributed by atoms with Crippen LogP contribution in [0.3, 0.4) is 0 Å². The molecule has 150 valence electrons. The van der Waals surface area contributed by atoms with Crippen molar-refractivity contribution in [3.8, 4) is 5.75 Å². The van der Waals surface area contributed by atoms with Crippen molar-refractivity contribution in [3.05, 3.63) is 59.2 Å². The van der Waals surface area contributed by atoms with Gasteiger partial charge >= 0.3 is 5.97 Å².